The van der Waals surface area contributed by atoms with Crippen LogP contribution in [0.25, 0.3) is 5.69 Å². The Morgan fingerprint density at radius 3 is 2.32 bits per heavy atom. The number of carbonyl (C=O) groups excluding carboxylic acids is 1. The molecule has 0 saturated carbocycles. The van der Waals surface area contributed by atoms with Crippen LogP contribution in [0.1, 0.15) is 29.4 Å². The summed E-state index contributed by atoms with van der Waals surface area (Å²) in [7, 11) is -1.17. The monoisotopic (exact) mass is 618 g/mol. The molecule has 0 radical (unpaired) electrons. The van der Waals surface area contributed by atoms with E-state index in [9.17, 15) is 13.2 Å². The first kappa shape index (κ1) is 32.3. The summed E-state index contributed by atoms with van der Waals surface area (Å²) in [5.41, 5.74) is 7.16. The molecule has 10 nitrogen and oxygen atoms in total. The Morgan fingerprint density at radius 2 is 1.66 bits per heavy atom. The van der Waals surface area contributed by atoms with Gasteiger partial charge in [-0.15, -0.1) is 0 Å². The number of ether oxygens (including phenoxy) is 3. The maximum absolute atomic E-state index is 13.7. The van der Waals surface area contributed by atoms with Crippen LogP contribution < -0.4 is 19.6 Å². The molecule has 0 spiro atoms. The van der Waals surface area contributed by atoms with Crippen LogP contribution in [0.2, 0.25) is 0 Å². The fourth-order valence-corrected chi connectivity index (χ4v) is 6.26. The molecule has 44 heavy (non-hydrogen) atoms. The van der Waals surface area contributed by atoms with Crippen molar-refractivity contribution >= 4 is 22.1 Å². The highest BCUT2D eigenvalue weighted by Gasteiger charge is 2.28. The van der Waals surface area contributed by atoms with Gasteiger partial charge < -0.3 is 18.8 Å². The van der Waals surface area contributed by atoms with Crippen LogP contribution in [0.3, 0.4) is 0 Å². The zero-order valence-corrected chi connectivity index (χ0v) is 26.4. The van der Waals surface area contributed by atoms with Crippen molar-refractivity contribution in [2.45, 2.75) is 32.1 Å². The van der Waals surface area contributed by atoms with Crippen molar-refractivity contribution in [3.63, 3.8) is 0 Å². The minimum atomic E-state index is -4.07. The minimum Gasteiger partial charge on any atom is -0.494 e. The van der Waals surface area contributed by atoms with Crippen LogP contribution in [-0.2, 0) is 21.2 Å². The fraction of sp³-hybridized carbons (Fsp3) is 0.273. The summed E-state index contributed by atoms with van der Waals surface area (Å²) in [6.45, 7) is 6.15. The average Bonchev–Trinajstić information content (AvgIpc) is 3.31. The lowest BCUT2D eigenvalue weighted by Gasteiger charge is -2.22. The molecule has 1 heterocycles. The molecule has 1 aromatic heterocycles. The second-order valence-corrected chi connectivity index (χ2v) is 11.9. The number of sulfonamides is 1. The van der Waals surface area contributed by atoms with E-state index in [1.807, 2.05) is 81.4 Å². The maximum atomic E-state index is 13.7. The molecule has 11 heteroatoms. The van der Waals surface area contributed by atoms with E-state index in [-0.39, 0.29) is 17.2 Å². The number of hydrogen-bond acceptors (Lipinski definition) is 7. The molecule has 0 fully saturated rings. The van der Waals surface area contributed by atoms with Gasteiger partial charge >= 0.3 is 0 Å². The molecular formula is C33H38N4O6S. The van der Waals surface area contributed by atoms with Crippen molar-refractivity contribution in [2.24, 2.45) is 5.10 Å². The Kier molecular flexibility index (Phi) is 10.8. The van der Waals surface area contributed by atoms with E-state index >= 15 is 0 Å². The molecule has 0 aliphatic heterocycles. The van der Waals surface area contributed by atoms with Gasteiger partial charge in [0, 0.05) is 35.2 Å². The normalized spacial score (nSPS) is 11.6. The third kappa shape index (κ3) is 7.66. The number of hydrogen-bond donors (Lipinski definition) is 1. The number of rotatable bonds is 14. The van der Waals surface area contributed by atoms with E-state index < -0.39 is 22.5 Å². The molecule has 0 atom stereocenters. The van der Waals surface area contributed by atoms with Gasteiger partial charge in [-0.3, -0.25) is 4.79 Å². The highest BCUT2D eigenvalue weighted by Crippen LogP contribution is 2.31. The van der Waals surface area contributed by atoms with Gasteiger partial charge in [0.2, 0.25) is 10.0 Å². The number of amides is 1. The topological polar surface area (TPSA) is 111 Å². The summed E-state index contributed by atoms with van der Waals surface area (Å²) in [4.78, 5) is 13.0. The largest absolute Gasteiger partial charge is 0.494 e. The number of aromatic nitrogens is 1. The molecule has 0 aliphatic carbocycles. The summed E-state index contributed by atoms with van der Waals surface area (Å²) >= 11 is 0. The van der Waals surface area contributed by atoms with Gasteiger partial charge in [-0.2, -0.15) is 9.41 Å². The molecule has 0 unspecified atom stereocenters. The van der Waals surface area contributed by atoms with E-state index in [2.05, 4.69) is 15.1 Å². The van der Waals surface area contributed by atoms with Gasteiger partial charge in [-0.25, -0.2) is 13.8 Å². The van der Waals surface area contributed by atoms with E-state index in [0.29, 0.717) is 18.8 Å². The second kappa shape index (κ2) is 14.7. The molecule has 4 rings (SSSR count). The molecular weight excluding hydrogens is 580 g/mol. The molecule has 4 aromatic rings. The molecule has 232 valence electrons. The van der Waals surface area contributed by atoms with Crippen molar-refractivity contribution in [2.75, 3.05) is 33.9 Å². The number of nitrogens with zero attached hydrogens (tertiary/aromatic N) is 3. The highest BCUT2D eigenvalue weighted by atomic mass is 32.2. The summed E-state index contributed by atoms with van der Waals surface area (Å²) in [6, 6.07) is 23.6. The number of benzene rings is 3. The quantitative estimate of drug-likeness (QED) is 0.159. The second-order valence-electron chi connectivity index (χ2n) is 9.97. The summed E-state index contributed by atoms with van der Waals surface area (Å²) < 4.78 is 46.8. The third-order valence-corrected chi connectivity index (χ3v) is 8.92. The number of aryl methyl sites for hydroxylation is 1. The molecule has 0 bridgehead atoms. The minimum absolute atomic E-state index is 0.0127. The zero-order valence-electron chi connectivity index (χ0n) is 25.6. The van der Waals surface area contributed by atoms with E-state index in [1.54, 1.807) is 6.21 Å². The molecule has 0 saturated heterocycles. The van der Waals surface area contributed by atoms with E-state index in [4.69, 9.17) is 14.2 Å². The lowest BCUT2D eigenvalue weighted by atomic mass is 10.1. The summed E-state index contributed by atoms with van der Waals surface area (Å²) in [5, 5.41) is 4.15. The zero-order chi connectivity index (χ0) is 31.7. The molecule has 0 aliphatic rings. The first-order valence-electron chi connectivity index (χ1n) is 14.2. The van der Waals surface area contributed by atoms with Gasteiger partial charge in [-0.05, 0) is 75.2 Å². The predicted octanol–water partition coefficient (Wildman–Crippen LogP) is 4.89. The van der Waals surface area contributed by atoms with Gasteiger partial charge in [0.05, 0.1) is 38.5 Å². The fourth-order valence-electron chi connectivity index (χ4n) is 4.85. The van der Waals surface area contributed by atoms with E-state index in [0.717, 1.165) is 38.3 Å². The van der Waals surface area contributed by atoms with Crippen LogP contribution in [0.4, 0.5) is 0 Å². The Hall–Kier alpha value is -4.61. The lowest BCUT2D eigenvalue weighted by molar-refractivity contribution is -0.121. The number of carbonyl (C=O) groups is 1. The SMILES string of the molecule is CCOc1ccc(-n2c(C)cc(/C=N/NC(=O)CN(CCc3ccccc3)S(=O)(=O)c3ccc(OC)c(OC)c3)c2C)cc1. The van der Waals surface area contributed by atoms with Crippen LogP contribution in [0.15, 0.2) is 88.9 Å². The Morgan fingerprint density at radius 1 is 0.955 bits per heavy atom. The van der Waals surface area contributed by atoms with Crippen LogP contribution in [0, 0.1) is 13.8 Å². The highest BCUT2D eigenvalue weighted by molar-refractivity contribution is 7.89. The van der Waals surface area contributed by atoms with Crippen molar-refractivity contribution in [3.05, 3.63) is 101 Å². The maximum Gasteiger partial charge on any atom is 0.255 e. The first-order valence-corrected chi connectivity index (χ1v) is 15.6. The lowest BCUT2D eigenvalue weighted by Crippen LogP contribution is -2.40. The summed E-state index contributed by atoms with van der Waals surface area (Å²) in [5.74, 6) is 0.901. The number of methoxy groups -OCH3 is 2. The van der Waals surface area contributed by atoms with E-state index in [1.165, 1.54) is 32.4 Å². The van der Waals surface area contributed by atoms with Crippen molar-refractivity contribution in [1.29, 1.82) is 0 Å². The smallest absolute Gasteiger partial charge is 0.255 e. The molecule has 3 aromatic carbocycles. The number of nitrogens with one attached hydrogen (secondary N) is 1. The van der Waals surface area contributed by atoms with Gasteiger partial charge in [0.1, 0.15) is 5.75 Å². The first-order chi connectivity index (χ1) is 21.2. The van der Waals surface area contributed by atoms with Crippen LogP contribution in [-0.4, -0.2) is 63.3 Å². The predicted molar refractivity (Wildman–Crippen MR) is 171 cm³/mol. The van der Waals surface area contributed by atoms with Gasteiger partial charge in [-0.1, -0.05) is 30.3 Å². The molecule has 1 N–H and O–H groups in total. The standard InChI is InChI=1S/C33H38N4O6S/c1-6-43-29-14-12-28(13-15-29)37-24(2)20-27(25(37)3)22-34-35-33(38)23-36(19-18-26-10-8-7-9-11-26)44(39,40)30-16-17-31(41-4)32(21-30)42-5/h7-17,20-22H,6,18-19,23H2,1-5H3,(H,35,38)/b34-22+. The van der Waals surface area contributed by atoms with Crippen LogP contribution in [0.5, 0.6) is 17.2 Å². The van der Waals surface area contributed by atoms with Crippen molar-refractivity contribution in [1.82, 2.24) is 14.3 Å². The third-order valence-electron chi connectivity index (χ3n) is 7.07. The van der Waals surface area contributed by atoms with Crippen molar-refractivity contribution in [3.8, 4) is 22.9 Å². The Balaban J connectivity index is 1.51. The van der Waals surface area contributed by atoms with Gasteiger partial charge in [0.25, 0.3) is 5.91 Å². The molecule has 1 amide bonds. The Bertz CT molecular complexity index is 1700. The van der Waals surface area contributed by atoms with Gasteiger partial charge in [0.15, 0.2) is 11.5 Å². The summed E-state index contributed by atoms with van der Waals surface area (Å²) in [6.07, 6.45) is 1.98. The average molecular weight is 619 g/mol. The Labute approximate surface area is 258 Å². The number of hydrazone groups is 1. The van der Waals surface area contributed by atoms with Crippen LogP contribution >= 0.6 is 0 Å². The van der Waals surface area contributed by atoms with Crippen molar-refractivity contribution < 1.29 is 27.4 Å².